The Hall–Kier alpha value is -4.21. The van der Waals surface area contributed by atoms with E-state index in [4.69, 9.17) is 7.16 Å². The van der Waals surface area contributed by atoms with Gasteiger partial charge >= 0.3 is 23.7 Å². The number of aromatic nitrogens is 1. The Kier molecular flexibility index (Phi) is 5.18. The maximum Gasteiger partial charge on any atom is 0.384 e. The third-order valence-electron chi connectivity index (χ3n) is 7.97. The van der Waals surface area contributed by atoms with Crippen LogP contribution in [0.25, 0.3) is 54.7 Å². The van der Waals surface area contributed by atoms with Gasteiger partial charge in [0, 0.05) is 24.5 Å². The highest BCUT2D eigenvalue weighted by molar-refractivity contribution is 6.23. The third kappa shape index (κ3) is 3.62. The van der Waals surface area contributed by atoms with E-state index in [0.717, 1.165) is 16.2 Å². The molecule has 6 aromatic rings. The van der Waals surface area contributed by atoms with E-state index in [1.54, 1.807) is 12.1 Å². The Morgan fingerprint density at radius 1 is 0.705 bits per heavy atom. The van der Waals surface area contributed by atoms with Crippen LogP contribution in [0.5, 0.6) is 0 Å². The summed E-state index contributed by atoms with van der Waals surface area (Å²) in [6.45, 7) is 3.71. The van der Waals surface area contributed by atoms with E-state index in [0.29, 0.717) is 27.8 Å². The van der Waals surface area contributed by atoms with Crippen molar-refractivity contribution >= 4 is 43.5 Å². The Labute approximate surface area is 248 Å². The molecule has 0 spiro atoms. The van der Waals surface area contributed by atoms with E-state index in [2.05, 4.69) is 4.98 Å². The molecule has 1 aliphatic carbocycles. The van der Waals surface area contributed by atoms with Crippen LogP contribution < -0.4 is 0 Å². The number of fused-ring (bicyclic) bond motifs is 8. The first-order chi connectivity index (χ1) is 21.2. The van der Waals surface area contributed by atoms with Crippen LogP contribution in [-0.2, 0) is 18.2 Å². The van der Waals surface area contributed by atoms with Crippen LogP contribution in [0, 0.1) is 5.41 Å². The van der Waals surface area contributed by atoms with Crippen molar-refractivity contribution < 1.29 is 42.3 Å². The monoisotopic (exact) mass is 615 g/mol. The molecular formula is C34H23F8NO. The molecule has 2 heterocycles. The summed E-state index contributed by atoms with van der Waals surface area (Å²) in [5, 5.41) is 4.29. The van der Waals surface area contributed by atoms with Gasteiger partial charge in [0.05, 0.1) is 11.3 Å². The van der Waals surface area contributed by atoms with Gasteiger partial charge in [-0.1, -0.05) is 75.4 Å². The average molecular weight is 616 g/mol. The molecule has 226 valence electrons. The van der Waals surface area contributed by atoms with Gasteiger partial charge in [0.2, 0.25) is 0 Å². The van der Waals surface area contributed by atoms with Gasteiger partial charge in [-0.05, 0) is 51.7 Å². The van der Waals surface area contributed by atoms with Gasteiger partial charge in [0.15, 0.2) is 0 Å². The molecular weight excluding hydrogens is 590 g/mol. The fourth-order valence-electron chi connectivity index (χ4n) is 5.98. The highest BCUT2D eigenvalue weighted by Crippen LogP contribution is 2.65. The maximum absolute atomic E-state index is 15.4. The van der Waals surface area contributed by atoms with Gasteiger partial charge in [-0.3, -0.25) is 0 Å². The minimum atomic E-state index is -6.56. The lowest BCUT2D eigenvalue weighted by Gasteiger charge is -2.43. The Balaban J connectivity index is 1.61. The minimum Gasteiger partial charge on any atom is -0.455 e. The molecule has 0 fully saturated rings. The van der Waals surface area contributed by atoms with Crippen molar-refractivity contribution in [3.8, 4) is 11.3 Å². The smallest absolute Gasteiger partial charge is 0.384 e. The van der Waals surface area contributed by atoms with Crippen LogP contribution in [0.2, 0.25) is 0 Å². The molecule has 0 saturated heterocycles. The highest BCUT2D eigenvalue weighted by Gasteiger charge is 2.86. The van der Waals surface area contributed by atoms with E-state index in [1.165, 1.54) is 32.9 Å². The van der Waals surface area contributed by atoms with Crippen LogP contribution in [0.3, 0.4) is 0 Å². The summed E-state index contributed by atoms with van der Waals surface area (Å²) >= 11 is 0. The number of furan rings is 1. The molecule has 0 radical (unpaired) electrons. The van der Waals surface area contributed by atoms with Crippen LogP contribution in [0.4, 0.5) is 35.1 Å². The second-order valence-corrected chi connectivity index (χ2v) is 12.1. The van der Waals surface area contributed by atoms with Crippen LogP contribution in [-0.4, -0.2) is 16.8 Å². The van der Waals surface area contributed by atoms with Crippen molar-refractivity contribution in [2.75, 3.05) is 0 Å². The molecule has 0 aliphatic heterocycles. The molecule has 0 bridgehead atoms. The number of para-hydroxylation sites is 1. The molecule has 1 aliphatic rings. The van der Waals surface area contributed by atoms with Crippen LogP contribution in [0.15, 0.2) is 77.2 Å². The first-order valence-electron chi connectivity index (χ1n) is 14.6. The molecule has 44 heavy (non-hydrogen) atoms. The van der Waals surface area contributed by atoms with Crippen molar-refractivity contribution in [3.05, 3.63) is 89.6 Å². The van der Waals surface area contributed by atoms with Crippen molar-refractivity contribution in [1.29, 1.82) is 0 Å². The summed E-state index contributed by atoms with van der Waals surface area (Å²) < 4.78 is 144. The second-order valence-electron chi connectivity index (χ2n) is 12.1. The van der Waals surface area contributed by atoms with E-state index in [1.807, 2.05) is 42.5 Å². The molecule has 0 N–H and O–H groups in total. The highest BCUT2D eigenvalue weighted by atomic mass is 19.4. The third-order valence-corrected chi connectivity index (χ3v) is 7.97. The van der Waals surface area contributed by atoms with E-state index >= 15 is 17.6 Å². The Bertz CT molecular complexity index is 2250. The maximum atomic E-state index is 15.4. The largest absolute Gasteiger partial charge is 0.455 e. The zero-order chi connectivity index (χ0) is 33.4. The first kappa shape index (κ1) is 26.2. The SMILES string of the molecule is [2H]C([2H])(c1cc(-c2cccc3c2oc2c3ccc3ccc4ccccc4c32)nc2c1C(F)(F)C(F)(F)C(F)(F)C2(F)F)C(C)(C)C. The molecule has 2 nitrogen and oxygen atoms in total. The first-order valence-corrected chi connectivity index (χ1v) is 13.6. The van der Waals surface area contributed by atoms with Gasteiger partial charge in [-0.25, -0.2) is 4.98 Å². The summed E-state index contributed by atoms with van der Waals surface area (Å²) in [5.41, 5.74) is -7.86. The Morgan fingerprint density at radius 3 is 2.05 bits per heavy atom. The number of rotatable bonds is 2. The Morgan fingerprint density at radius 2 is 1.32 bits per heavy atom. The van der Waals surface area contributed by atoms with E-state index in [-0.39, 0.29) is 11.1 Å². The standard InChI is InChI=1S/C34H23F8NO/c1-30(2,3)16-19-15-24(43-29-26(19)31(35,36)33(39,40)34(41,42)32(29,37)38)23-10-6-9-21-22-14-13-18-12-11-17-7-4-5-8-20(17)25(18)28(22)44-27(21)23/h4-15H,16H2,1-3H3/i16D2. The van der Waals surface area contributed by atoms with Crippen molar-refractivity contribution in [3.63, 3.8) is 0 Å². The van der Waals surface area contributed by atoms with Gasteiger partial charge in [-0.15, -0.1) is 0 Å². The summed E-state index contributed by atoms with van der Waals surface area (Å²) in [4.78, 5) is 3.51. The molecule has 2 aromatic heterocycles. The molecule has 0 unspecified atom stereocenters. The number of nitrogens with zero attached hydrogens (tertiary/aromatic N) is 1. The number of benzene rings is 4. The molecule has 0 amide bonds. The predicted molar refractivity (Wildman–Crippen MR) is 153 cm³/mol. The lowest BCUT2D eigenvalue weighted by Crippen LogP contribution is -2.64. The summed E-state index contributed by atoms with van der Waals surface area (Å²) in [5.74, 6) is -24.9. The van der Waals surface area contributed by atoms with Crippen LogP contribution in [0.1, 0.15) is 40.3 Å². The minimum absolute atomic E-state index is 0.0237. The summed E-state index contributed by atoms with van der Waals surface area (Å²) in [7, 11) is 0. The lowest BCUT2D eigenvalue weighted by molar-refractivity contribution is -0.387. The second kappa shape index (κ2) is 8.70. The molecule has 7 rings (SSSR count). The zero-order valence-corrected chi connectivity index (χ0v) is 23.3. The van der Waals surface area contributed by atoms with Crippen molar-refractivity contribution in [1.82, 2.24) is 4.98 Å². The normalized spacial score (nSPS) is 19.7. The molecule has 0 saturated carbocycles. The van der Waals surface area contributed by atoms with Crippen LogP contribution >= 0.6 is 0 Å². The van der Waals surface area contributed by atoms with Crippen molar-refractivity contribution in [2.24, 2.45) is 5.41 Å². The number of halogens is 8. The summed E-state index contributed by atoms with van der Waals surface area (Å²) in [6, 6.07) is 20.0. The number of pyridine rings is 1. The van der Waals surface area contributed by atoms with Gasteiger partial charge in [0.1, 0.15) is 16.9 Å². The number of hydrogen-bond acceptors (Lipinski definition) is 2. The quantitative estimate of drug-likeness (QED) is 0.143. The average Bonchev–Trinajstić information content (AvgIpc) is 3.38. The van der Waals surface area contributed by atoms with Gasteiger partial charge in [0.25, 0.3) is 0 Å². The predicted octanol–water partition coefficient (Wildman–Crippen LogP) is 11.0. The number of alkyl halides is 8. The molecule has 4 aromatic carbocycles. The summed E-state index contributed by atoms with van der Waals surface area (Å²) in [6.07, 6.45) is -3.01. The fraction of sp³-hybridized carbons (Fsp3) is 0.265. The van der Waals surface area contributed by atoms with Gasteiger partial charge in [-0.2, -0.15) is 35.1 Å². The zero-order valence-electron chi connectivity index (χ0n) is 25.3. The van der Waals surface area contributed by atoms with E-state index < -0.39 is 58.0 Å². The lowest BCUT2D eigenvalue weighted by atomic mass is 9.77. The van der Waals surface area contributed by atoms with Gasteiger partial charge < -0.3 is 4.42 Å². The fourth-order valence-corrected chi connectivity index (χ4v) is 5.98. The number of hydrogen-bond donors (Lipinski definition) is 0. The molecule has 10 heteroatoms. The molecule has 0 atom stereocenters. The van der Waals surface area contributed by atoms with E-state index in [9.17, 15) is 17.6 Å². The van der Waals surface area contributed by atoms with Crippen molar-refractivity contribution in [2.45, 2.75) is 50.8 Å². The topological polar surface area (TPSA) is 26.0 Å².